The van der Waals surface area contributed by atoms with Gasteiger partial charge in [-0.25, -0.2) is 0 Å². The van der Waals surface area contributed by atoms with Gasteiger partial charge in [-0.3, -0.25) is 4.68 Å². The molecule has 100 valence electrons. The van der Waals surface area contributed by atoms with Crippen molar-refractivity contribution >= 4 is 0 Å². The number of fused-ring (bicyclic) bond motifs is 1. The number of aromatic nitrogens is 2. The van der Waals surface area contributed by atoms with Crippen molar-refractivity contribution in [3.63, 3.8) is 0 Å². The van der Waals surface area contributed by atoms with Crippen LogP contribution in [0.3, 0.4) is 0 Å². The van der Waals surface area contributed by atoms with Crippen LogP contribution in [0.4, 0.5) is 0 Å². The summed E-state index contributed by atoms with van der Waals surface area (Å²) in [4.78, 5) is 0. The first-order valence-electron chi connectivity index (χ1n) is 7.07. The first kappa shape index (κ1) is 12.4. The van der Waals surface area contributed by atoms with Crippen LogP contribution < -0.4 is 5.73 Å². The standard InChI is InChI=1S/C16H21N3/c1-11-6-7-12(2)13(9-11)16-14(10-17)18-19-8-4-3-5-15(16)19/h6-7,9H,3-5,8,10,17H2,1-2H3. The van der Waals surface area contributed by atoms with Gasteiger partial charge in [0.15, 0.2) is 0 Å². The van der Waals surface area contributed by atoms with Crippen molar-refractivity contribution in [3.8, 4) is 11.1 Å². The minimum atomic E-state index is 0.517. The molecule has 0 amide bonds. The number of rotatable bonds is 2. The van der Waals surface area contributed by atoms with E-state index in [4.69, 9.17) is 10.8 Å². The molecule has 0 radical (unpaired) electrons. The van der Waals surface area contributed by atoms with Crippen LogP contribution in [0, 0.1) is 13.8 Å². The van der Waals surface area contributed by atoms with Gasteiger partial charge >= 0.3 is 0 Å². The molecule has 0 atom stereocenters. The van der Waals surface area contributed by atoms with Crippen molar-refractivity contribution in [1.29, 1.82) is 0 Å². The molecule has 19 heavy (non-hydrogen) atoms. The van der Waals surface area contributed by atoms with Crippen LogP contribution in [0.5, 0.6) is 0 Å². The molecular formula is C16H21N3. The number of nitrogens with two attached hydrogens (primary N) is 1. The zero-order valence-corrected chi connectivity index (χ0v) is 11.7. The van der Waals surface area contributed by atoms with Gasteiger partial charge in [0.05, 0.1) is 5.69 Å². The van der Waals surface area contributed by atoms with Crippen molar-refractivity contribution in [2.24, 2.45) is 5.73 Å². The molecule has 3 rings (SSSR count). The Bertz CT molecular complexity index is 611. The Morgan fingerprint density at radius 3 is 2.89 bits per heavy atom. The highest BCUT2D eigenvalue weighted by atomic mass is 15.3. The smallest absolute Gasteiger partial charge is 0.0841 e. The van der Waals surface area contributed by atoms with Gasteiger partial charge in [0.25, 0.3) is 0 Å². The lowest BCUT2D eigenvalue weighted by Crippen LogP contribution is -2.11. The maximum atomic E-state index is 5.91. The molecule has 1 aromatic heterocycles. The fraction of sp³-hybridized carbons (Fsp3) is 0.438. The summed E-state index contributed by atoms with van der Waals surface area (Å²) in [6.45, 7) is 5.86. The quantitative estimate of drug-likeness (QED) is 0.896. The second-order valence-corrected chi connectivity index (χ2v) is 5.47. The van der Waals surface area contributed by atoms with Crippen LogP contribution >= 0.6 is 0 Å². The Kier molecular flexibility index (Phi) is 3.15. The third-order valence-electron chi connectivity index (χ3n) is 4.02. The van der Waals surface area contributed by atoms with Crippen LogP contribution in [0.2, 0.25) is 0 Å². The number of aryl methyl sites for hydroxylation is 3. The average molecular weight is 255 g/mol. The van der Waals surface area contributed by atoms with Gasteiger partial charge in [0.2, 0.25) is 0 Å². The molecule has 0 saturated heterocycles. The molecule has 2 heterocycles. The summed E-state index contributed by atoms with van der Waals surface area (Å²) in [5, 5.41) is 4.71. The largest absolute Gasteiger partial charge is 0.325 e. The van der Waals surface area contributed by atoms with Crippen LogP contribution in [0.15, 0.2) is 18.2 Å². The van der Waals surface area contributed by atoms with E-state index in [2.05, 4.69) is 36.7 Å². The third-order valence-corrected chi connectivity index (χ3v) is 4.02. The Morgan fingerprint density at radius 2 is 2.11 bits per heavy atom. The van der Waals surface area contributed by atoms with Gasteiger partial charge in [-0.15, -0.1) is 0 Å². The predicted molar refractivity (Wildman–Crippen MR) is 78.0 cm³/mol. The Morgan fingerprint density at radius 1 is 1.26 bits per heavy atom. The van der Waals surface area contributed by atoms with Crippen LogP contribution in [-0.2, 0) is 19.5 Å². The molecule has 3 nitrogen and oxygen atoms in total. The van der Waals surface area contributed by atoms with Gasteiger partial charge in [-0.2, -0.15) is 5.10 Å². The minimum absolute atomic E-state index is 0.517. The lowest BCUT2D eigenvalue weighted by atomic mass is 9.94. The Labute approximate surface area is 114 Å². The van der Waals surface area contributed by atoms with E-state index in [1.165, 1.54) is 40.8 Å². The van der Waals surface area contributed by atoms with Gasteiger partial charge in [-0.1, -0.05) is 23.8 Å². The van der Waals surface area contributed by atoms with Crippen molar-refractivity contribution in [1.82, 2.24) is 9.78 Å². The highest BCUT2D eigenvalue weighted by Crippen LogP contribution is 2.33. The first-order chi connectivity index (χ1) is 9.20. The van der Waals surface area contributed by atoms with Crippen molar-refractivity contribution in [2.75, 3.05) is 0 Å². The van der Waals surface area contributed by atoms with E-state index in [0.717, 1.165) is 18.7 Å². The summed E-state index contributed by atoms with van der Waals surface area (Å²) in [5.74, 6) is 0. The molecule has 0 aliphatic carbocycles. The maximum absolute atomic E-state index is 5.91. The molecule has 0 unspecified atom stereocenters. The minimum Gasteiger partial charge on any atom is -0.325 e. The van der Waals surface area contributed by atoms with E-state index in [1.54, 1.807) is 0 Å². The molecule has 0 fully saturated rings. The molecule has 0 saturated carbocycles. The highest BCUT2D eigenvalue weighted by Gasteiger charge is 2.21. The molecule has 0 spiro atoms. The topological polar surface area (TPSA) is 43.8 Å². The molecule has 2 N–H and O–H groups in total. The lowest BCUT2D eigenvalue weighted by molar-refractivity contribution is 0.484. The number of hydrogen-bond donors (Lipinski definition) is 1. The van der Waals surface area contributed by atoms with Crippen LogP contribution in [0.1, 0.15) is 35.4 Å². The summed E-state index contributed by atoms with van der Waals surface area (Å²) >= 11 is 0. The van der Waals surface area contributed by atoms with Gasteiger partial charge in [-0.05, 0) is 44.2 Å². The predicted octanol–water partition coefficient (Wildman–Crippen LogP) is 2.96. The van der Waals surface area contributed by atoms with E-state index >= 15 is 0 Å². The SMILES string of the molecule is Cc1ccc(C)c(-c2c(CN)nn3c2CCCC3)c1. The van der Waals surface area contributed by atoms with Gasteiger partial charge < -0.3 is 5.73 Å². The maximum Gasteiger partial charge on any atom is 0.0841 e. The van der Waals surface area contributed by atoms with E-state index in [9.17, 15) is 0 Å². The van der Waals surface area contributed by atoms with E-state index in [-0.39, 0.29) is 0 Å². The zero-order chi connectivity index (χ0) is 13.4. The third kappa shape index (κ3) is 2.08. The van der Waals surface area contributed by atoms with Crippen molar-refractivity contribution in [3.05, 3.63) is 40.7 Å². The summed E-state index contributed by atoms with van der Waals surface area (Å²) in [6.07, 6.45) is 3.61. The Hall–Kier alpha value is -1.61. The van der Waals surface area contributed by atoms with E-state index in [1.807, 2.05) is 0 Å². The average Bonchev–Trinajstić information content (AvgIpc) is 2.80. The molecule has 1 aliphatic heterocycles. The summed E-state index contributed by atoms with van der Waals surface area (Å²) < 4.78 is 2.17. The van der Waals surface area contributed by atoms with Crippen molar-refractivity contribution < 1.29 is 0 Å². The molecule has 1 aromatic carbocycles. The molecule has 2 aromatic rings. The van der Waals surface area contributed by atoms with Gasteiger partial charge in [0.1, 0.15) is 0 Å². The van der Waals surface area contributed by atoms with E-state index < -0.39 is 0 Å². The summed E-state index contributed by atoms with van der Waals surface area (Å²) in [7, 11) is 0. The van der Waals surface area contributed by atoms with Crippen molar-refractivity contribution in [2.45, 2.75) is 46.2 Å². The lowest BCUT2D eigenvalue weighted by Gasteiger charge is -2.16. The number of hydrogen-bond acceptors (Lipinski definition) is 2. The molecule has 1 aliphatic rings. The molecule has 3 heteroatoms. The summed E-state index contributed by atoms with van der Waals surface area (Å²) in [5.41, 5.74) is 13.5. The zero-order valence-electron chi connectivity index (χ0n) is 11.7. The fourth-order valence-electron chi connectivity index (χ4n) is 3.00. The van der Waals surface area contributed by atoms with E-state index in [0.29, 0.717) is 6.54 Å². The monoisotopic (exact) mass is 255 g/mol. The van der Waals surface area contributed by atoms with Crippen LogP contribution in [-0.4, -0.2) is 9.78 Å². The fourth-order valence-corrected chi connectivity index (χ4v) is 3.00. The normalized spacial score (nSPS) is 14.5. The second kappa shape index (κ2) is 4.82. The number of nitrogens with zero attached hydrogens (tertiary/aromatic N) is 2. The number of benzene rings is 1. The molecular weight excluding hydrogens is 234 g/mol. The highest BCUT2D eigenvalue weighted by molar-refractivity contribution is 5.72. The molecule has 0 bridgehead atoms. The first-order valence-corrected chi connectivity index (χ1v) is 7.07. The van der Waals surface area contributed by atoms with Gasteiger partial charge in [0, 0.05) is 24.3 Å². The second-order valence-electron chi connectivity index (χ2n) is 5.47. The summed E-state index contributed by atoms with van der Waals surface area (Å²) in [6, 6.07) is 6.62. The Balaban J connectivity index is 2.23. The van der Waals surface area contributed by atoms with Crippen LogP contribution in [0.25, 0.3) is 11.1 Å².